The van der Waals surface area contributed by atoms with E-state index in [1.165, 1.54) is 4.90 Å². The Morgan fingerprint density at radius 2 is 2.33 bits per heavy atom. The Bertz CT molecular complexity index is 549. The Kier molecular flexibility index (Phi) is 4.42. The highest BCUT2D eigenvalue weighted by molar-refractivity contribution is 5.97. The van der Waals surface area contributed by atoms with Crippen LogP contribution >= 0.6 is 0 Å². The fourth-order valence-electron chi connectivity index (χ4n) is 2.17. The molecule has 1 aliphatic rings. The summed E-state index contributed by atoms with van der Waals surface area (Å²) in [6, 6.07) is 3.32. The van der Waals surface area contributed by atoms with Crippen molar-refractivity contribution in [1.29, 1.82) is 0 Å². The summed E-state index contributed by atoms with van der Waals surface area (Å²) in [5.74, 6) is -0.546. The van der Waals surface area contributed by atoms with E-state index in [9.17, 15) is 9.59 Å². The van der Waals surface area contributed by atoms with Crippen molar-refractivity contribution in [1.82, 2.24) is 9.88 Å². The van der Waals surface area contributed by atoms with Gasteiger partial charge in [0.15, 0.2) is 5.60 Å². The monoisotopic (exact) mass is 293 g/mol. The third-order valence-corrected chi connectivity index (χ3v) is 3.37. The minimum Gasteiger partial charge on any atom is -0.477 e. The summed E-state index contributed by atoms with van der Waals surface area (Å²) in [5.41, 5.74) is 4.54. The Hall–Kier alpha value is -2.15. The first-order valence-electron chi connectivity index (χ1n) is 6.79. The highest BCUT2D eigenvalue weighted by atomic mass is 16.5. The molecule has 0 aromatic carbocycles. The number of rotatable bonds is 4. The number of hydrogen-bond donors (Lipinski definition) is 1. The molecule has 1 aromatic rings. The molecule has 114 valence electrons. The number of nitrogens with zero attached hydrogens (tertiary/aromatic N) is 2. The summed E-state index contributed by atoms with van der Waals surface area (Å²) < 4.78 is 10.8. The molecule has 2 amide bonds. The van der Waals surface area contributed by atoms with Crippen molar-refractivity contribution in [3.05, 3.63) is 23.9 Å². The number of aromatic nitrogens is 1. The molecule has 1 atom stereocenters. The van der Waals surface area contributed by atoms with Gasteiger partial charge in [0.2, 0.25) is 5.88 Å². The molecule has 1 fully saturated rings. The summed E-state index contributed by atoms with van der Waals surface area (Å²) in [6.07, 6.45) is 1.56. The van der Waals surface area contributed by atoms with E-state index in [1.54, 1.807) is 25.3 Å². The molecule has 21 heavy (non-hydrogen) atoms. The first-order chi connectivity index (χ1) is 9.98. The molecule has 7 heteroatoms. The van der Waals surface area contributed by atoms with Crippen LogP contribution in [0.15, 0.2) is 18.3 Å². The minimum atomic E-state index is -1.16. The normalized spacial score (nSPS) is 21.9. The van der Waals surface area contributed by atoms with Crippen LogP contribution in [-0.2, 0) is 9.53 Å². The van der Waals surface area contributed by atoms with E-state index < -0.39 is 11.5 Å². The first-order valence-corrected chi connectivity index (χ1v) is 6.79. The third kappa shape index (κ3) is 3.13. The number of pyridine rings is 1. The maximum atomic E-state index is 12.6. The number of carbonyl (C=O) groups is 2. The zero-order chi connectivity index (χ0) is 15.5. The fourth-order valence-corrected chi connectivity index (χ4v) is 2.17. The molecule has 0 saturated carbocycles. The number of hydrogen-bond acceptors (Lipinski definition) is 5. The molecule has 2 N–H and O–H groups in total. The number of ether oxygens (including phenoxy) is 2. The van der Waals surface area contributed by atoms with E-state index in [0.717, 1.165) is 0 Å². The van der Waals surface area contributed by atoms with Crippen LogP contribution in [0.2, 0.25) is 0 Å². The van der Waals surface area contributed by atoms with Crippen LogP contribution in [-0.4, -0.2) is 53.6 Å². The fraction of sp³-hybridized carbons (Fsp3) is 0.500. The zero-order valence-corrected chi connectivity index (χ0v) is 12.2. The summed E-state index contributed by atoms with van der Waals surface area (Å²) >= 11 is 0. The number of nitrogens with two attached hydrogens (primary N) is 1. The molecule has 7 nitrogen and oxygen atoms in total. The summed E-state index contributed by atoms with van der Waals surface area (Å²) in [4.78, 5) is 29.7. The van der Waals surface area contributed by atoms with Gasteiger partial charge >= 0.3 is 0 Å². The van der Waals surface area contributed by atoms with Gasteiger partial charge in [-0.2, -0.15) is 0 Å². The van der Waals surface area contributed by atoms with E-state index in [4.69, 9.17) is 15.2 Å². The molecule has 0 spiro atoms. The van der Waals surface area contributed by atoms with Crippen LogP contribution in [0.3, 0.4) is 0 Å². The van der Waals surface area contributed by atoms with Crippen LogP contribution in [0.1, 0.15) is 24.2 Å². The highest BCUT2D eigenvalue weighted by Gasteiger charge is 2.39. The van der Waals surface area contributed by atoms with Crippen molar-refractivity contribution in [2.45, 2.75) is 19.4 Å². The van der Waals surface area contributed by atoms with Crippen molar-refractivity contribution in [3.8, 4) is 5.88 Å². The lowest BCUT2D eigenvalue weighted by molar-refractivity contribution is -0.150. The van der Waals surface area contributed by atoms with E-state index in [0.29, 0.717) is 18.7 Å². The van der Waals surface area contributed by atoms with E-state index in [1.807, 2.05) is 6.92 Å². The third-order valence-electron chi connectivity index (χ3n) is 3.37. The minimum absolute atomic E-state index is 0.113. The largest absolute Gasteiger partial charge is 0.477 e. The predicted octanol–water partition coefficient (Wildman–Crippen LogP) is 0.197. The van der Waals surface area contributed by atoms with Crippen LogP contribution in [0.5, 0.6) is 5.88 Å². The number of amides is 2. The average molecular weight is 293 g/mol. The highest BCUT2D eigenvalue weighted by Crippen LogP contribution is 2.22. The topological polar surface area (TPSA) is 94.8 Å². The lowest BCUT2D eigenvalue weighted by Crippen LogP contribution is -2.58. The molecule has 0 bridgehead atoms. The molecule has 1 aliphatic heterocycles. The lowest BCUT2D eigenvalue weighted by atomic mass is 10.0. The summed E-state index contributed by atoms with van der Waals surface area (Å²) in [5, 5.41) is 0. The Balaban J connectivity index is 2.22. The summed E-state index contributed by atoms with van der Waals surface area (Å²) in [7, 11) is 0. The maximum Gasteiger partial charge on any atom is 0.259 e. The van der Waals surface area contributed by atoms with Gasteiger partial charge in [-0.15, -0.1) is 0 Å². The molecule has 0 unspecified atom stereocenters. The van der Waals surface area contributed by atoms with E-state index in [2.05, 4.69) is 4.98 Å². The van der Waals surface area contributed by atoms with Crippen molar-refractivity contribution >= 4 is 11.8 Å². The van der Waals surface area contributed by atoms with Gasteiger partial charge in [0.05, 0.1) is 19.8 Å². The van der Waals surface area contributed by atoms with Crippen LogP contribution in [0.4, 0.5) is 0 Å². The smallest absolute Gasteiger partial charge is 0.259 e. The average Bonchev–Trinajstić information content (AvgIpc) is 2.47. The second kappa shape index (κ2) is 6.09. The number of carbonyl (C=O) groups excluding carboxylic acids is 2. The van der Waals surface area contributed by atoms with Crippen molar-refractivity contribution in [2.24, 2.45) is 5.73 Å². The standard InChI is InChI=1S/C14H19N3O4/c1-3-20-11-10(5-4-6-16-11)12(18)17-7-8-21-14(2,9-17)13(15)19/h4-6H,3,7-9H2,1-2H3,(H2,15,19)/t14-/m0/s1. The lowest BCUT2D eigenvalue weighted by Gasteiger charge is -2.38. The molecule has 0 aliphatic carbocycles. The molecular weight excluding hydrogens is 274 g/mol. The van der Waals surface area contributed by atoms with Gasteiger partial charge in [0, 0.05) is 12.7 Å². The summed E-state index contributed by atoms with van der Waals surface area (Å²) in [6.45, 7) is 4.59. The molecular formula is C14H19N3O4. The molecule has 2 rings (SSSR count). The van der Waals surface area contributed by atoms with Crippen molar-refractivity contribution < 1.29 is 19.1 Å². The van der Waals surface area contributed by atoms with E-state index in [-0.39, 0.29) is 24.9 Å². The quantitative estimate of drug-likeness (QED) is 0.855. The van der Waals surface area contributed by atoms with Gasteiger partial charge in [-0.05, 0) is 26.0 Å². The van der Waals surface area contributed by atoms with Gasteiger partial charge in [-0.25, -0.2) is 4.98 Å². The van der Waals surface area contributed by atoms with Crippen LogP contribution < -0.4 is 10.5 Å². The Labute approximate surface area is 123 Å². The van der Waals surface area contributed by atoms with Gasteiger partial charge in [0.25, 0.3) is 11.8 Å². The van der Waals surface area contributed by atoms with Crippen molar-refractivity contribution in [2.75, 3.05) is 26.3 Å². The molecule has 2 heterocycles. The van der Waals surface area contributed by atoms with Gasteiger partial charge in [-0.3, -0.25) is 9.59 Å². The van der Waals surface area contributed by atoms with E-state index >= 15 is 0 Å². The predicted molar refractivity (Wildman–Crippen MR) is 74.9 cm³/mol. The van der Waals surface area contributed by atoms with Crippen molar-refractivity contribution in [3.63, 3.8) is 0 Å². The van der Waals surface area contributed by atoms with Crippen LogP contribution in [0.25, 0.3) is 0 Å². The number of morpholine rings is 1. The second-order valence-electron chi connectivity index (χ2n) is 4.96. The molecule has 0 radical (unpaired) electrons. The van der Waals surface area contributed by atoms with Gasteiger partial charge in [-0.1, -0.05) is 0 Å². The number of primary amides is 1. The molecule has 1 aromatic heterocycles. The zero-order valence-electron chi connectivity index (χ0n) is 12.2. The first kappa shape index (κ1) is 15.2. The van der Waals surface area contributed by atoms with Gasteiger partial charge < -0.3 is 20.1 Å². The second-order valence-corrected chi connectivity index (χ2v) is 4.96. The van der Waals surface area contributed by atoms with Crippen LogP contribution in [0, 0.1) is 0 Å². The Morgan fingerprint density at radius 3 is 3.00 bits per heavy atom. The SMILES string of the molecule is CCOc1ncccc1C(=O)N1CCO[C@](C)(C(N)=O)C1. The Morgan fingerprint density at radius 1 is 1.57 bits per heavy atom. The van der Waals surface area contributed by atoms with Gasteiger partial charge in [0.1, 0.15) is 5.56 Å². The molecule has 1 saturated heterocycles. The maximum absolute atomic E-state index is 12.6.